The third kappa shape index (κ3) is 6.10. The van der Waals surface area contributed by atoms with Crippen molar-refractivity contribution >= 4 is 23.4 Å². The molecule has 0 unspecified atom stereocenters. The summed E-state index contributed by atoms with van der Waals surface area (Å²) in [5.74, 6) is 0.220. The van der Waals surface area contributed by atoms with Crippen LogP contribution in [-0.4, -0.2) is 35.8 Å². The van der Waals surface area contributed by atoms with E-state index < -0.39 is 0 Å². The molecule has 0 aromatic heterocycles. The molecule has 0 aliphatic carbocycles. The van der Waals surface area contributed by atoms with E-state index in [1.165, 1.54) is 11.1 Å². The number of likely N-dealkylation sites (tertiary alicyclic amines) is 1. The third-order valence-electron chi connectivity index (χ3n) is 5.24. The van der Waals surface area contributed by atoms with E-state index in [1.807, 2.05) is 29.2 Å². The highest BCUT2D eigenvalue weighted by atomic mass is 35.5. The van der Waals surface area contributed by atoms with Crippen molar-refractivity contribution in [3.05, 3.63) is 70.2 Å². The summed E-state index contributed by atoms with van der Waals surface area (Å²) in [5.41, 5.74) is 3.38. The Balaban J connectivity index is 1.38. The first-order valence-corrected chi connectivity index (χ1v) is 10.2. The topological polar surface area (TPSA) is 49.4 Å². The summed E-state index contributed by atoms with van der Waals surface area (Å²) in [6.45, 7) is 3.44. The van der Waals surface area contributed by atoms with Gasteiger partial charge in [0.05, 0.1) is 6.42 Å². The molecule has 0 radical (unpaired) electrons. The number of hydrogen-bond donors (Lipinski definition) is 1. The second-order valence-corrected chi connectivity index (χ2v) is 7.95. The van der Waals surface area contributed by atoms with Gasteiger partial charge < -0.3 is 10.2 Å². The Bertz CT molecular complexity index is 794. The van der Waals surface area contributed by atoms with Gasteiger partial charge in [0.2, 0.25) is 11.8 Å². The first-order chi connectivity index (χ1) is 13.5. The van der Waals surface area contributed by atoms with Crippen molar-refractivity contribution in [2.24, 2.45) is 0 Å². The predicted octanol–water partition coefficient (Wildman–Crippen LogP) is 3.93. The fourth-order valence-corrected chi connectivity index (χ4v) is 3.60. The number of rotatable bonds is 6. The molecule has 0 saturated carbocycles. The molecule has 2 aromatic rings. The molecule has 4 nitrogen and oxygen atoms in total. The highest BCUT2D eigenvalue weighted by molar-refractivity contribution is 6.30. The van der Waals surface area contributed by atoms with Gasteiger partial charge >= 0.3 is 0 Å². The fourth-order valence-electron chi connectivity index (χ4n) is 3.47. The summed E-state index contributed by atoms with van der Waals surface area (Å²) in [7, 11) is 0. The van der Waals surface area contributed by atoms with Crippen molar-refractivity contribution < 1.29 is 9.59 Å². The minimum atomic E-state index is 0.0894. The Labute approximate surface area is 171 Å². The van der Waals surface area contributed by atoms with E-state index in [9.17, 15) is 9.59 Å². The maximum absolute atomic E-state index is 12.5. The van der Waals surface area contributed by atoms with Gasteiger partial charge in [-0.15, -0.1) is 0 Å². The zero-order valence-electron chi connectivity index (χ0n) is 16.3. The Kier molecular flexibility index (Phi) is 7.10. The monoisotopic (exact) mass is 398 g/mol. The minimum absolute atomic E-state index is 0.0894. The normalized spacial score (nSPS) is 14.7. The van der Waals surface area contributed by atoms with Gasteiger partial charge in [0.15, 0.2) is 0 Å². The van der Waals surface area contributed by atoms with E-state index in [1.54, 1.807) is 0 Å². The van der Waals surface area contributed by atoms with Crippen molar-refractivity contribution in [2.75, 3.05) is 13.1 Å². The molecule has 0 atom stereocenters. The molecule has 1 N–H and O–H groups in total. The van der Waals surface area contributed by atoms with E-state index in [2.05, 4.69) is 36.5 Å². The maximum Gasteiger partial charge on any atom is 0.226 e. The summed E-state index contributed by atoms with van der Waals surface area (Å²) in [6, 6.07) is 15.9. The number of nitrogens with one attached hydrogen (secondary N) is 1. The van der Waals surface area contributed by atoms with Crippen LogP contribution in [0.25, 0.3) is 0 Å². The van der Waals surface area contributed by atoms with E-state index in [4.69, 9.17) is 11.6 Å². The Morgan fingerprint density at radius 1 is 1.00 bits per heavy atom. The molecule has 0 spiro atoms. The number of halogens is 1. The van der Waals surface area contributed by atoms with Crippen LogP contribution in [0.3, 0.4) is 0 Å². The lowest BCUT2D eigenvalue weighted by molar-refractivity contribution is -0.131. The van der Waals surface area contributed by atoms with E-state index in [0.29, 0.717) is 31.0 Å². The van der Waals surface area contributed by atoms with Crippen LogP contribution in [0.4, 0.5) is 0 Å². The minimum Gasteiger partial charge on any atom is -0.353 e. The molecule has 2 aromatic carbocycles. The lowest BCUT2D eigenvalue weighted by atomic mass is 10.0. The number of carbonyl (C=O) groups is 2. The summed E-state index contributed by atoms with van der Waals surface area (Å²) in [4.78, 5) is 26.6. The zero-order valence-corrected chi connectivity index (χ0v) is 17.0. The lowest BCUT2D eigenvalue weighted by Crippen LogP contribution is -2.47. The van der Waals surface area contributed by atoms with E-state index >= 15 is 0 Å². The number of carbonyl (C=O) groups excluding carboxylic acids is 2. The molecule has 28 heavy (non-hydrogen) atoms. The summed E-state index contributed by atoms with van der Waals surface area (Å²) < 4.78 is 0. The number of nitrogens with zero attached hydrogens (tertiary/aromatic N) is 1. The fraction of sp³-hybridized carbons (Fsp3) is 0.391. The van der Waals surface area contributed by atoms with Crippen LogP contribution in [-0.2, 0) is 22.4 Å². The molecule has 3 rings (SSSR count). The van der Waals surface area contributed by atoms with Gasteiger partial charge in [-0.05, 0) is 49.4 Å². The van der Waals surface area contributed by atoms with E-state index in [0.717, 1.165) is 24.8 Å². The van der Waals surface area contributed by atoms with Crippen molar-refractivity contribution in [1.82, 2.24) is 10.2 Å². The lowest BCUT2D eigenvalue weighted by Gasteiger charge is -2.32. The van der Waals surface area contributed by atoms with Crippen molar-refractivity contribution in [3.8, 4) is 0 Å². The van der Waals surface area contributed by atoms with Crippen molar-refractivity contribution in [1.29, 1.82) is 0 Å². The predicted molar refractivity (Wildman–Crippen MR) is 112 cm³/mol. The molecule has 2 amide bonds. The largest absolute Gasteiger partial charge is 0.353 e. The van der Waals surface area contributed by atoms with Crippen LogP contribution in [0.15, 0.2) is 48.5 Å². The molecule has 1 aliphatic rings. The van der Waals surface area contributed by atoms with Gasteiger partial charge in [-0.25, -0.2) is 0 Å². The molecule has 1 heterocycles. The maximum atomic E-state index is 12.5. The first-order valence-electron chi connectivity index (χ1n) is 9.87. The summed E-state index contributed by atoms with van der Waals surface area (Å²) in [5, 5.41) is 3.80. The number of piperidine rings is 1. The van der Waals surface area contributed by atoms with Crippen LogP contribution >= 0.6 is 11.6 Å². The molecule has 1 saturated heterocycles. The van der Waals surface area contributed by atoms with Gasteiger partial charge in [0.1, 0.15) is 0 Å². The average Bonchev–Trinajstić information content (AvgIpc) is 2.70. The number of amides is 2. The van der Waals surface area contributed by atoms with Gasteiger partial charge in [-0.1, -0.05) is 53.6 Å². The second-order valence-electron chi connectivity index (χ2n) is 7.51. The number of aryl methyl sites for hydroxylation is 2. The second kappa shape index (κ2) is 9.74. The number of hydrogen-bond acceptors (Lipinski definition) is 2. The Morgan fingerprint density at radius 2 is 1.61 bits per heavy atom. The van der Waals surface area contributed by atoms with Crippen molar-refractivity contribution in [2.45, 2.75) is 45.1 Å². The molecule has 1 aliphatic heterocycles. The van der Waals surface area contributed by atoms with Crippen LogP contribution in [0, 0.1) is 6.92 Å². The molecule has 148 valence electrons. The summed E-state index contributed by atoms with van der Waals surface area (Å²) in [6.07, 6.45) is 3.26. The molecule has 1 fully saturated rings. The van der Waals surface area contributed by atoms with Crippen molar-refractivity contribution in [3.63, 3.8) is 0 Å². The quantitative estimate of drug-likeness (QED) is 0.801. The van der Waals surface area contributed by atoms with Gasteiger partial charge in [-0.2, -0.15) is 0 Å². The molecular weight excluding hydrogens is 372 g/mol. The summed E-state index contributed by atoms with van der Waals surface area (Å²) >= 11 is 5.89. The highest BCUT2D eigenvalue weighted by Crippen LogP contribution is 2.15. The van der Waals surface area contributed by atoms with Gasteiger partial charge in [0.25, 0.3) is 0 Å². The smallest absolute Gasteiger partial charge is 0.226 e. The van der Waals surface area contributed by atoms with E-state index in [-0.39, 0.29) is 17.9 Å². The Morgan fingerprint density at radius 3 is 2.25 bits per heavy atom. The third-order valence-corrected chi connectivity index (χ3v) is 5.49. The molecule has 0 bridgehead atoms. The van der Waals surface area contributed by atoms with Gasteiger partial charge in [-0.3, -0.25) is 9.59 Å². The molecular formula is C23H27ClN2O2. The van der Waals surface area contributed by atoms with Crippen LogP contribution in [0.1, 0.15) is 36.0 Å². The standard InChI is InChI=1S/C23H27ClN2O2/c1-17-2-4-18(5-3-17)8-11-22(27)25-21-12-14-26(15-13-21)23(28)16-19-6-9-20(24)10-7-19/h2-7,9-10,21H,8,11-16H2,1H3,(H,25,27). The van der Waals surface area contributed by atoms with Crippen LogP contribution in [0.2, 0.25) is 5.02 Å². The molecule has 5 heteroatoms. The van der Waals surface area contributed by atoms with Gasteiger partial charge in [0, 0.05) is 30.6 Å². The highest BCUT2D eigenvalue weighted by Gasteiger charge is 2.23. The van der Waals surface area contributed by atoms with Crippen LogP contribution in [0.5, 0.6) is 0 Å². The SMILES string of the molecule is Cc1ccc(CCC(=O)NC2CCN(C(=O)Cc3ccc(Cl)cc3)CC2)cc1. The van der Waals surface area contributed by atoms with Crippen LogP contribution < -0.4 is 5.32 Å². The Hall–Kier alpha value is -2.33. The first kappa shape index (κ1) is 20.4. The zero-order chi connectivity index (χ0) is 19.9. The number of benzene rings is 2. The average molecular weight is 399 g/mol.